The maximum absolute atomic E-state index is 12.7. The number of aryl methyl sites for hydroxylation is 1. The summed E-state index contributed by atoms with van der Waals surface area (Å²) in [4.78, 5) is 12.1. The number of carbonyl (C=O) groups is 1. The van der Waals surface area contributed by atoms with Crippen LogP contribution < -0.4 is 4.72 Å². The molecule has 0 fully saturated rings. The Bertz CT molecular complexity index is 1140. The number of carboxylic acids is 1. The predicted molar refractivity (Wildman–Crippen MR) is 109 cm³/mol. The number of hydrogen-bond donors (Lipinski definition) is 2. The zero-order valence-electron chi connectivity index (χ0n) is 13.9. The van der Waals surface area contributed by atoms with Crippen LogP contribution in [0.3, 0.4) is 0 Å². The van der Waals surface area contributed by atoms with Crippen LogP contribution in [0.2, 0.25) is 10.0 Å². The first-order valence-corrected chi connectivity index (χ1v) is 10.7. The Morgan fingerprint density at radius 3 is 2.44 bits per heavy atom. The zero-order chi connectivity index (χ0) is 19.8. The number of carboxylic acid groups (broad SMARTS) is 1. The van der Waals surface area contributed by atoms with Crippen LogP contribution in [0, 0.1) is 6.92 Å². The summed E-state index contributed by atoms with van der Waals surface area (Å²) in [5.74, 6) is -1.24. The molecular formula is C18H13Cl2NO4S2. The number of benzene rings is 2. The number of thiophene rings is 1. The fourth-order valence-electron chi connectivity index (χ4n) is 2.51. The molecule has 2 aromatic carbocycles. The number of nitrogens with one attached hydrogen (secondary N) is 1. The molecule has 2 N–H and O–H groups in total. The Balaban J connectivity index is 2.07. The van der Waals surface area contributed by atoms with Crippen molar-refractivity contribution in [1.29, 1.82) is 0 Å². The molecule has 0 saturated carbocycles. The highest BCUT2D eigenvalue weighted by Crippen LogP contribution is 2.39. The molecule has 140 valence electrons. The minimum Gasteiger partial charge on any atom is -0.477 e. The summed E-state index contributed by atoms with van der Waals surface area (Å²) in [5.41, 5.74) is 1.10. The largest absolute Gasteiger partial charge is 0.477 e. The lowest BCUT2D eigenvalue weighted by Gasteiger charge is -2.09. The van der Waals surface area contributed by atoms with Crippen LogP contribution in [0.5, 0.6) is 0 Å². The molecule has 0 spiro atoms. The second-order valence-electron chi connectivity index (χ2n) is 5.65. The van der Waals surface area contributed by atoms with Crippen LogP contribution in [0.25, 0.3) is 10.4 Å². The minimum absolute atomic E-state index is 0.0169. The van der Waals surface area contributed by atoms with Gasteiger partial charge >= 0.3 is 5.97 Å². The van der Waals surface area contributed by atoms with E-state index in [1.165, 1.54) is 18.2 Å². The van der Waals surface area contributed by atoms with E-state index in [9.17, 15) is 18.3 Å². The van der Waals surface area contributed by atoms with Crippen molar-refractivity contribution in [2.24, 2.45) is 0 Å². The van der Waals surface area contributed by atoms with Gasteiger partial charge in [0.1, 0.15) is 4.88 Å². The molecule has 3 rings (SSSR count). The predicted octanol–water partition coefficient (Wildman–Crippen LogP) is 5.53. The summed E-state index contributed by atoms with van der Waals surface area (Å²) in [5, 5.41) is 10.3. The Labute approximate surface area is 170 Å². The monoisotopic (exact) mass is 441 g/mol. The molecule has 0 atom stereocenters. The third-order valence-electron chi connectivity index (χ3n) is 3.75. The lowest BCUT2D eigenvalue weighted by molar-refractivity contribution is 0.0703. The van der Waals surface area contributed by atoms with Crippen LogP contribution in [0.15, 0.2) is 53.4 Å². The van der Waals surface area contributed by atoms with Gasteiger partial charge in [-0.2, -0.15) is 0 Å². The number of hydrogen-bond acceptors (Lipinski definition) is 4. The Kier molecular flexibility index (Phi) is 5.48. The van der Waals surface area contributed by atoms with E-state index < -0.39 is 16.0 Å². The van der Waals surface area contributed by atoms with Gasteiger partial charge in [-0.05, 0) is 36.8 Å². The van der Waals surface area contributed by atoms with Crippen molar-refractivity contribution in [3.63, 3.8) is 0 Å². The Morgan fingerprint density at radius 1 is 1.11 bits per heavy atom. The molecule has 0 bridgehead atoms. The van der Waals surface area contributed by atoms with Gasteiger partial charge in [-0.25, -0.2) is 13.2 Å². The van der Waals surface area contributed by atoms with Gasteiger partial charge in [0.2, 0.25) is 0 Å². The molecule has 0 unspecified atom stereocenters. The van der Waals surface area contributed by atoms with Gasteiger partial charge in [-0.15, -0.1) is 11.3 Å². The molecule has 3 aromatic rings. The van der Waals surface area contributed by atoms with Crippen molar-refractivity contribution in [1.82, 2.24) is 0 Å². The molecule has 5 nitrogen and oxygen atoms in total. The van der Waals surface area contributed by atoms with Gasteiger partial charge in [0.05, 0.1) is 15.6 Å². The van der Waals surface area contributed by atoms with Crippen LogP contribution in [0.4, 0.5) is 5.69 Å². The summed E-state index contributed by atoms with van der Waals surface area (Å²) in [6, 6.07) is 12.7. The molecule has 27 heavy (non-hydrogen) atoms. The van der Waals surface area contributed by atoms with Gasteiger partial charge in [0.15, 0.2) is 0 Å². The number of rotatable bonds is 5. The second kappa shape index (κ2) is 7.52. The summed E-state index contributed by atoms with van der Waals surface area (Å²) >= 11 is 13.0. The van der Waals surface area contributed by atoms with Crippen LogP contribution >= 0.6 is 34.5 Å². The zero-order valence-corrected chi connectivity index (χ0v) is 17.0. The number of halogens is 2. The van der Waals surface area contributed by atoms with Crippen molar-refractivity contribution in [3.8, 4) is 10.4 Å². The van der Waals surface area contributed by atoms with E-state index in [0.29, 0.717) is 26.0 Å². The Morgan fingerprint density at radius 2 is 1.81 bits per heavy atom. The Hall–Kier alpha value is -2.06. The summed E-state index contributed by atoms with van der Waals surface area (Å²) in [7, 11) is -3.95. The molecule has 1 heterocycles. The van der Waals surface area contributed by atoms with E-state index in [1.807, 2.05) is 0 Å². The van der Waals surface area contributed by atoms with Crippen molar-refractivity contribution < 1.29 is 18.3 Å². The average Bonchev–Trinajstić information content (AvgIpc) is 2.98. The van der Waals surface area contributed by atoms with Crippen LogP contribution in [0.1, 0.15) is 15.2 Å². The standard InChI is InChI=1S/C18H13Cl2NO4S2/c1-10-4-2-3-5-16(10)27(24,25)21-14-9-15(26-17(14)18(22)23)12-7-6-11(19)8-13(12)20/h2-9,21H,1H3,(H,22,23). The average molecular weight is 442 g/mol. The van der Waals surface area contributed by atoms with E-state index in [0.717, 1.165) is 11.3 Å². The van der Waals surface area contributed by atoms with E-state index in [1.54, 1.807) is 37.3 Å². The highest BCUT2D eigenvalue weighted by molar-refractivity contribution is 7.92. The molecule has 1 aromatic heterocycles. The first kappa shape index (κ1) is 19.7. The summed E-state index contributed by atoms with van der Waals surface area (Å²) in [6.07, 6.45) is 0. The third kappa shape index (κ3) is 4.11. The topological polar surface area (TPSA) is 83.5 Å². The lowest BCUT2D eigenvalue weighted by atomic mass is 10.2. The van der Waals surface area contributed by atoms with Gasteiger partial charge in [0.25, 0.3) is 10.0 Å². The van der Waals surface area contributed by atoms with Gasteiger partial charge in [0, 0.05) is 15.5 Å². The maximum Gasteiger partial charge on any atom is 0.348 e. The molecule has 0 saturated heterocycles. The van der Waals surface area contributed by atoms with Crippen molar-refractivity contribution >= 4 is 56.2 Å². The van der Waals surface area contributed by atoms with Gasteiger partial charge < -0.3 is 5.11 Å². The first-order valence-electron chi connectivity index (χ1n) is 7.60. The quantitative estimate of drug-likeness (QED) is 0.544. The number of aromatic carboxylic acids is 1. The lowest BCUT2D eigenvalue weighted by Crippen LogP contribution is -2.15. The second-order valence-corrected chi connectivity index (χ2v) is 9.20. The minimum atomic E-state index is -3.95. The smallest absolute Gasteiger partial charge is 0.348 e. The van der Waals surface area contributed by atoms with E-state index in [4.69, 9.17) is 23.2 Å². The summed E-state index contributed by atoms with van der Waals surface area (Å²) in [6.45, 7) is 1.67. The van der Waals surface area contributed by atoms with Gasteiger partial charge in [-0.1, -0.05) is 47.5 Å². The van der Waals surface area contributed by atoms with E-state index >= 15 is 0 Å². The van der Waals surface area contributed by atoms with Crippen molar-refractivity contribution in [3.05, 3.63) is 69.0 Å². The van der Waals surface area contributed by atoms with Crippen LogP contribution in [-0.2, 0) is 10.0 Å². The molecule has 0 aliphatic carbocycles. The maximum atomic E-state index is 12.7. The van der Waals surface area contributed by atoms with Gasteiger partial charge in [-0.3, -0.25) is 4.72 Å². The molecular weight excluding hydrogens is 429 g/mol. The molecule has 9 heteroatoms. The van der Waals surface area contributed by atoms with Crippen LogP contribution in [-0.4, -0.2) is 19.5 Å². The molecule has 0 aliphatic heterocycles. The summed E-state index contributed by atoms with van der Waals surface area (Å²) < 4.78 is 27.8. The van der Waals surface area contributed by atoms with Crippen molar-refractivity contribution in [2.45, 2.75) is 11.8 Å². The molecule has 0 radical (unpaired) electrons. The third-order valence-corrected chi connectivity index (χ3v) is 6.98. The molecule has 0 amide bonds. The SMILES string of the molecule is Cc1ccccc1S(=O)(=O)Nc1cc(-c2ccc(Cl)cc2Cl)sc1C(=O)O. The number of anilines is 1. The fraction of sp³-hybridized carbons (Fsp3) is 0.0556. The van der Waals surface area contributed by atoms with E-state index in [2.05, 4.69) is 4.72 Å². The number of sulfonamides is 1. The fourth-order valence-corrected chi connectivity index (χ4v) is 5.44. The van der Waals surface area contributed by atoms with E-state index in [-0.39, 0.29) is 15.5 Å². The first-order chi connectivity index (χ1) is 12.7. The normalized spacial score (nSPS) is 11.4. The van der Waals surface area contributed by atoms with Crippen molar-refractivity contribution in [2.75, 3.05) is 4.72 Å². The highest BCUT2D eigenvalue weighted by atomic mass is 35.5. The highest BCUT2D eigenvalue weighted by Gasteiger charge is 2.23. The molecule has 0 aliphatic rings.